The fraction of sp³-hybridized carbons (Fsp3) is 0.268. The van der Waals surface area contributed by atoms with Crippen molar-refractivity contribution in [2.45, 2.75) is 37.9 Å². The fourth-order valence-electron chi connectivity index (χ4n) is 6.44. The fourth-order valence-corrected chi connectivity index (χ4v) is 6.82. The number of nitrogens with zero attached hydrogens (tertiary/aromatic N) is 2. The molecule has 50 heavy (non-hydrogen) atoms. The zero-order valence-corrected chi connectivity index (χ0v) is 29.5. The molecular formula is C41H40Cl2N2O5. The summed E-state index contributed by atoms with van der Waals surface area (Å²) in [6, 6.07) is 27.4. The molecule has 4 aromatic carbocycles. The number of hydrogen-bond donors (Lipinski definition) is 0. The Labute approximate surface area is 303 Å². The third-order valence-corrected chi connectivity index (χ3v) is 9.82. The minimum absolute atomic E-state index is 0.0511. The van der Waals surface area contributed by atoms with Crippen LogP contribution in [0.2, 0.25) is 10.0 Å². The van der Waals surface area contributed by atoms with Gasteiger partial charge in [-0.1, -0.05) is 84.4 Å². The smallest absolute Gasteiger partial charge is 0.246 e. The van der Waals surface area contributed by atoms with Crippen molar-refractivity contribution in [1.82, 2.24) is 9.80 Å². The molecule has 9 heteroatoms. The van der Waals surface area contributed by atoms with E-state index in [9.17, 15) is 9.59 Å². The topological polar surface area (TPSA) is 68.3 Å². The first kappa shape index (κ1) is 35.1. The van der Waals surface area contributed by atoms with Gasteiger partial charge in [-0.3, -0.25) is 9.59 Å². The minimum atomic E-state index is -0.0920. The maximum Gasteiger partial charge on any atom is 0.246 e. The number of para-hydroxylation sites is 1. The summed E-state index contributed by atoms with van der Waals surface area (Å²) in [5.41, 5.74) is 4.57. The van der Waals surface area contributed by atoms with E-state index in [0.717, 1.165) is 27.8 Å². The zero-order valence-electron chi connectivity index (χ0n) is 28.0. The van der Waals surface area contributed by atoms with E-state index in [1.54, 1.807) is 24.2 Å². The van der Waals surface area contributed by atoms with Gasteiger partial charge in [0.1, 0.15) is 29.5 Å². The standard InChI is InChI=1S/C41H40Cl2N2O5/c1-3-40(46)44-21-17-32(18-22-44)50-39-27-34(33-11-7-8-12-37(33)48-2)30(25-36(39)43)14-16-41(47)45-23-19-31(20-24-45)49-38-26-29(13-15-35(38)42)28-9-5-4-6-10-28/h3-16,25-27,31-32H,1,17-24H2,2H3/b16-14+. The summed E-state index contributed by atoms with van der Waals surface area (Å²) >= 11 is 13.3. The molecule has 0 unspecified atom stereocenters. The van der Waals surface area contributed by atoms with E-state index in [1.165, 1.54) is 6.08 Å². The van der Waals surface area contributed by atoms with E-state index >= 15 is 0 Å². The van der Waals surface area contributed by atoms with Crippen molar-refractivity contribution in [2.24, 2.45) is 0 Å². The monoisotopic (exact) mass is 710 g/mol. The molecule has 0 aromatic heterocycles. The third kappa shape index (κ3) is 8.35. The Morgan fingerprint density at radius 3 is 1.92 bits per heavy atom. The summed E-state index contributed by atoms with van der Waals surface area (Å²) in [4.78, 5) is 29.1. The lowest BCUT2D eigenvalue weighted by Crippen LogP contribution is -2.41. The average Bonchev–Trinajstić information content (AvgIpc) is 3.16. The average molecular weight is 712 g/mol. The highest BCUT2D eigenvalue weighted by Crippen LogP contribution is 2.40. The van der Waals surface area contributed by atoms with Gasteiger partial charge < -0.3 is 24.0 Å². The number of likely N-dealkylation sites (tertiary alicyclic amines) is 2. The summed E-state index contributed by atoms with van der Waals surface area (Å²) in [5.74, 6) is 1.73. The molecule has 2 aliphatic heterocycles. The molecule has 2 fully saturated rings. The Morgan fingerprint density at radius 1 is 0.680 bits per heavy atom. The van der Waals surface area contributed by atoms with Crippen molar-refractivity contribution in [2.75, 3.05) is 33.3 Å². The second kappa shape index (κ2) is 16.3. The number of benzene rings is 4. The number of amides is 2. The van der Waals surface area contributed by atoms with E-state index in [2.05, 4.69) is 18.7 Å². The number of carbonyl (C=O) groups is 2. The lowest BCUT2D eigenvalue weighted by atomic mass is 9.97. The molecule has 0 N–H and O–H groups in total. The van der Waals surface area contributed by atoms with Gasteiger partial charge in [0, 0.05) is 63.5 Å². The largest absolute Gasteiger partial charge is 0.496 e. The van der Waals surface area contributed by atoms with Crippen molar-refractivity contribution in [1.29, 1.82) is 0 Å². The van der Waals surface area contributed by atoms with E-state index in [0.29, 0.717) is 79.2 Å². The Balaban J connectivity index is 1.14. The SMILES string of the molecule is C=CC(=O)N1CCC(Oc2cc(-c3ccccc3OC)c(/C=C/C(=O)N3CCC(Oc4cc(-c5ccccc5)ccc4Cl)CC3)cc2Cl)CC1. The van der Waals surface area contributed by atoms with E-state index < -0.39 is 0 Å². The molecule has 0 atom stereocenters. The van der Waals surface area contributed by atoms with Crippen molar-refractivity contribution in [3.8, 4) is 39.5 Å². The number of hydrogen-bond acceptors (Lipinski definition) is 5. The van der Waals surface area contributed by atoms with Gasteiger partial charge in [-0.15, -0.1) is 0 Å². The molecular weight excluding hydrogens is 671 g/mol. The van der Waals surface area contributed by atoms with Crippen molar-refractivity contribution in [3.05, 3.63) is 119 Å². The molecule has 0 radical (unpaired) electrons. The van der Waals surface area contributed by atoms with Gasteiger partial charge in [-0.2, -0.15) is 0 Å². The number of ether oxygens (including phenoxy) is 3. The minimum Gasteiger partial charge on any atom is -0.496 e. The Morgan fingerprint density at radius 2 is 1.28 bits per heavy atom. The maximum atomic E-state index is 13.4. The van der Waals surface area contributed by atoms with Crippen LogP contribution in [0, 0.1) is 0 Å². The first-order chi connectivity index (χ1) is 24.3. The van der Waals surface area contributed by atoms with E-state index in [-0.39, 0.29) is 24.0 Å². The van der Waals surface area contributed by atoms with Gasteiger partial charge in [0.25, 0.3) is 0 Å². The maximum absolute atomic E-state index is 13.4. The predicted molar refractivity (Wildman–Crippen MR) is 200 cm³/mol. The Kier molecular flexibility index (Phi) is 11.5. The highest BCUT2D eigenvalue weighted by Gasteiger charge is 2.26. The van der Waals surface area contributed by atoms with Crippen molar-refractivity contribution >= 4 is 41.1 Å². The molecule has 258 valence electrons. The van der Waals surface area contributed by atoms with Crippen molar-refractivity contribution < 1.29 is 23.8 Å². The molecule has 2 amide bonds. The Bertz CT molecular complexity index is 1860. The van der Waals surface area contributed by atoms with E-state index in [1.807, 2.05) is 77.7 Å². The Hall–Kier alpha value is -4.72. The molecule has 2 aliphatic rings. The van der Waals surface area contributed by atoms with Crippen LogP contribution in [0.5, 0.6) is 17.2 Å². The number of halogens is 2. The van der Waals surface area contributed by atoms with Crippen LogP contribution >= 0.6 is 23.2 Å². The molecule has 4 aromatic rings. The number of piperidine rings is 2. The normalized spacial score (nSPS) is 15.6. The predicted octanol–water partition coefficient (Wildman–Crippen LogP) is 8.98. The van der Waals surface area contributed by atoms with Gasteiger partial charge in [0.15, 0.2) is 0 Å². The van der Waals surface area contributed by atoms with Gasteiger partial charge in [-0.25, -0.2) is 0 Å². The number of carbonyl (C=O) groups excluding carboxylic acids is 2. The lowest BCUT2D eigenvalue weighted by molar-refractivity contribution is -0.128. The highest BCUT2D eigenvalue weighted by molar-refractivity contribution is 6.32. The van der Waals surface area contributed by atoms with Crippen LogP contribution in [0.4, 0.5) is 0 Å². The van der Waals surface area contributed by atoms with E-state index in [4.69, 9.17) is 37.4 Å². The first-order valence-electron chi connectivity index (χ1n) is 16.9. The van der Waals surface area contributed by atoms with Crippen LogP contribution in [-0.4, -0.2) is 67.1 Å². The quantitative estimate of drug-likeness (QED) is 0.154. The molecule has 0 saturated carbocycles. The second-order valence-electron chi connectivity index (χ2n) is 12.4. The van der Waals surface area contributed by atoms with Crippen LogP contribution < -0.4 is 14.2 Å². The summed E-state index contributed by atoms with van der Waals surface area (Å²) in [7, 11) is 1.63. The second-order valence-corrected chi connectivity index (χ2v) is 13.2. The summed E-state index contributed by atoms with van der Waals surface area (Å²) in [6.07, 6.45) is 7.35. The molecule has 6 rings (SSSR count). The van der Waals surface area contributed by atoms with Crippen LogP contribution in [0.25, 0.3) is 28.3 Å². The van der Waals surface area contributed by atoms with Gasteiger partial charge in [0.2, 0.25) is 11.8 Å². The van der Waals surface area contributed by atoms with Gasteiger partial charge in [0.05, 0.1) is 17.2 Å². The van der Waals surface area contributed by atoms with Crippen LogP contribution in [0.15, 0.2) is 104 Å². The van der Waals surface area contributed by atoms with Crippen LogP contribution in [-0.2, 0) is 9.59 Å². The molecule has 2 saturated heterocycles. The lowest BCUT2D eigenvalue weighted by Gasteiger charge is -2.32. The molecule has 7 nitrogen and oxygen atoms in total. The zero-order chi connectivity index (χ0) is 35.0. The first-order valence-corrected chi connectivity index (χ1v) is 17.6. The van der Waals surface area contributed by atoms with Crippen molar-refractivity contribution in [3.63, 3.8) is 0 Å². The molecule has 2 heterocycles. The number of rotatable bonds is 10. The van der Waals surface area contributed by atoms with Gasteiger partial charge in [-0.05, 0) is 64.7 Å². The molecule has 0 spiro atoms. The molecule has 0 bridgehead atoms. The van der Waals surface area contributed by atoms with Crippen LogP contribution in [0.1, 0.15) is 31.2 Å². The highest BCUT2D eigenvalue weighted by atomic mass is 35.5. The summed E-state index contributed by atoms with van der Waals surface area (Å²) in [5, 5.41) is 1.01. The molecule has 0 aliphatic carbocycles. The van der Waals surface area contributed by atoms with Crippen LogP contribution in [0.3, 0.4) is 0 Å². The summed E-state index contributed by atoms with van der Waals surface area (Å²) in [6.45, 7) is 5.90. The third-order valence-electron chi connectivity index (χ3n) is 9.21. The number of methoxy groups -OCH3 is 1. The summed E-state index contributed by atoms with van der Waals surface area (Å²) < 4.78 is 18.4. The van der Waals surface area contributed by atoms with Gasteiger partial charge >= 0.3 is 0 Å².